The number of nitrogens with two attached hydrogens (primary N) is 1. The van der Waals surface area contributed by atoms with Gasteiger partial charge in [-0.05, 0) is 26.1 Å². The molecule has 0 radical (unpaired) electrons. The molecule has 2 unspecified atom stereocenters. The minimum Gasteiger partial charge on any atom is -0.409 e. The zero-order valence-electron chi connectivity index (χ0n) is 9.31. The highest BCUT2D eigenvalue weighted by Gasteiger charge is 2.13. The third kappa shape index (κ3) is 6.59. The van der Waals surface area contributed by atoms with Gasteiger partial charge in [0.15, 0.2) is 0 Å². The van der Waals surface area contributed by atoms with E-state index in [-0.39, 0.29) is 23.7 Å². The Kier molecular flexibility index (Phi) is 8.55. The summed E-state index contributed by atoms with van der Waals surface area (Å²) in [5.74, 6) is 0.257. The Labute approximate surface area is 95.1 Å². The molecule has 0 aliphatic heterocycles. The Balaban J connectivity index is 3.58. The standard InChI is InChI=1S/C9H21N3O2S/c1-7(8(6-13)15-2)11-5-3-4-9(10)12-14/h7-8,11,13-14H,3-6H2,1-2H3,(H2,10,12). The van der Waals surface area contributed by atoms with E-state index in [1.165, 1.54) is 0 Å². The molecule has 0 fully saturated rings. The fourth-order valence-corrected chi connectivity index (χ4v) is 1.87. The van der Waals surface area contributed by atoms with Gasteiger partial charge in [0.2, 0.25) is 0 Å². The van der Waals surface area contributed by atoms with E-state index in [0.29, 0.717) is 6.42 Å². The molecule has 0 spiro atoms. The van der Waals surface area contributed by atoms with Crippen LogP contribution in [0.25, 0.3) is 0 Å². The maximum atomic E-state index is 9.05. The van der Waals surface area contributed by atoms with Crippen LogP contribution in [0.1, 0.15) is 19.8 Å². The Morgan fingerprint density at radius 2 is 2.27 bits per heavy atom. The molecule has 0 saturated heterocycles. The summed E-state index contributed by atoms with van der Waals surface area (Å²) in [4.78, 5) is 0. The molecule has 5 N–H and O–H groups in total. The van der Waals surface area contributed by atoms with Crippen LogP contribution in [0.4, 0.5) is 0 Å². The second-order valence-electron chi connectivity index (χ2n) is 3.39. The van der Waals surface area contributed by atoms with Crippen LogP contribution in [0.3, 0.4) is 0 Å². The lowest BCUT2D eigenvalue weighted by Gasteiger charge is -2.21. The van der Waals surface area contributed by atoms with Crippen LogP contribution < -0.4 is 11.1 Å². The second-order valence-corrected chi connectivity index (χ2v) is 4.47. The van der Waals surface area contributed by atoms with Gasteiger partial charge in [-0.1, -0.05) is 5.16 Å². The molecule has 15 heavy (non-hydrogen) atoms. The van der Waals surface area contributed by atoms with Gasteiger partial charge in [0.05, 0.1) is 6.61 Å². The van der Waals surface area contributed by atoms with Gasteiger partial charge in [0, 0.05) is 17.7 Å². The van der Waals surface area contributed by atoms with E-state index in [4.69, 9.17) is 16.0 Å². The molecule has 0 aromatic rings. The SMILES string of the molecule is CSC(CO)C(C)NCCCC(N)=NO. The highest BCUT2D eigenvalue weighted by atomic mass is 32.2. The van der Waals surface area contributed by atoms with Crippen LogP contribution in [0.2, 0.25) is 0 Å². The third-order valence-corrected chi connectivity index (χ3v) is 3.41. The number of nitrogens with one attached hydrogen (secondary N) is 1. The number of aliphatic hydroxyl groups excluding tert-OH is 1. The van der Waals surface area contributed by atoms with Gasteiger partial charge in [0.1, 0.15) is 5.84 Å². The lowest BCUT2D eigenvalue weighted by Crippen LogP contribution is -2.38. The Hall–Kier alpha value is -0.460. The van der Waals surface area contributed by atoms with E-state index in [2.05, 4.69) is 10.5 Å². The second kappa shape index (κ2) is 8.82. The summed E-state index contributed by atoms with van der Waals surface area (Å²) in [5, 5.41) is 23.8. The molecule has 90 valence electrons. The van der Waals surface area contributed by atoms with Gasteiger partial charge in [-0.3, -0.25) is 0 Å². The summed E-state index contributed by atoms with van der Waals surface area (Å²) in [6.07, 6.45) is 3.39. The normalized spacial score (nSPS) is 16.3. The number of amidine groups is 1. The van der Waals surface area contributed by atoms with Crippen molar-refractivity contribution >= 4 is 17.6 Å². The number of nitrogens with zero attached hydrogens (tertiary/aromatic N) is 1. The lowest BCUT2D eigenvalue weighted by molar-refractivity contribution is 0.276. The van der Waals surface area contributed by atoms with Gasteiger partial charge in [-0.25, -0.2) is 0 Å². The first-order valence-corrected chi connectivity index (χ1v) is 6.28. The number of aliphatic hydroxyl groups is 1. The lowest BCUT2D eigenvalue weighted by atomic mass is 10.2. The predicted molar refractivity (Wildman–Crippen MR) is 64.5 cm³/mol. The predicted octanol–water partition coefficient (Wildman–Crippen LogP) is 0.215. The molecule has 0 aliphatic rings. The number of oxime groups is 1. The Bertz CT molecular complexity index is 186. The van der Waals surface area contributed by atoms with Crippen molar-refractivity contribution in [1.82, 2.24) is 5.32 Å². The Morgan fingerprint density at radius 3 is 2.73 bits per heavy atom. The quantitative estimate of drug-likeness (QED) is 0.159. The monoisotopic (exact) mass is 235 g/mol. The van der Waals surface area contributed by atoms with E-state index in [0.717, 1.165) is 13.0 Å². The summed E-state index contributed by atoms with van der Waals surface area (Å²) in [5.41, 5.74) is 5.33. The highest BCUT2D eigenvalue weighted by Crippen LogP contribution is 2.09. The minimum atomic E-state index is 0.176. The fourth-order valence-electron chi connectivity index (χ4n) is 1.22. The van der Waals surface area contributed by atoms with Gasteiger partial charge in [0.25, 0.3) is 0 Å². The summed E-state index contributed by atoms with van der Waals surface area (Å²) in [7, 11) is 0. The third-order valence-electron chi connectivity index (χ3n) is 2.24. The van der Waals surface area contributed by atoms with E-state index in [9.17, 15) is 0 Å². The molecule has 0 bridgehead atoms. The first kappa shape index (κ1) is 14.5. The molecule has 0 aromatic carbocycles. The van der Waals surface area contributed by atoms with Crippen molar-refractivity contribution in [3.05, 3.63) is 0 Å². The largest absolute Gasteiger partial charge is 0.409 e. The summed E-state index contributed by atoms with van der Waals surface area (Å²) in [6.45, 7) is 3.02. The summed E-state index contributed by atoms with van der Waals surface area (Å²) >= 11 is 1.65. The average Bonchev–Trinajstić information content (AvgIpc) is 2.25. The van der Waals surface area contributed by atoms with Crippen LogP contribution in [0.15, 0.2) is 5.16 Å². The molecular weight excluding hydrogens is 214 g/mol. The molecule has 0 saturated carbocycles. The molecule has 0 amide bonds. The van der Waals surface area contributed by atoms with Crippen molar-refractivity contribution in [3.63, 3.8) is 0 Å². The van der Waals surface area contributed by atoms with Crippen molar-refractivity contribution in [2.75, 3.05) is 19.4 Å². The number of hydrogen-bond acceptors (Lipinski definition) is 5. The molecule has 0 heterocycles. The summed E-state index contributed by atoms with van der Waals surface area (Å²) < 4.78 is 0. The van der Waals surface area contributed by atoms with Crippen LogP contribution in [-0.4, -0.2) is 46.8 Å². The van der Waals surface area contributed by atoms with Crippen LogP contribution in [-0.2, 0) is 0 Å². The fraction of sp³-hybridized carbons (Fsp3) is 0.889. The molecule has 0 rings (SSSR count). The number of thioether (sulfide) groups is 1. The molecule has 0 aliphatic carbocycles. The zero-order valence-corrected chi connectivity index (χ0v) is 10.1. The minimum absolute atomic E-state index is 0.176. The van der Waals surface area contributed by atoms with Crippen LogP contribution in [0, 0.1) is 0 Å². The topological polar surface area (TPSA) is 90.9 Å². The van der Waals surface area contributed by atoms with E-state index in [1.54, 1.807) is 11.8 Å². The highest BCUT2D eigenvalue weighted by molar-refractivity contribution is 7.99. The van der Waals surface area contributed by atoms with Crippen molar-refractivity contribution in [2.45, 2.75) is 31.1 Å². The van der Waals surface area contributed by atoms with Crippen molar-refractivity contribution in [1.29, 1.82) is 0 Å². The van der Waals surface area contributed by atoms with Gasteiger partial charge in [-0.2, -0.15) is 11.8 Å². The average molecular weight is 235 g/mol. The summed E-state index contributed by atoms with van der Waals surface area (Å²) in [6, 6.07) is 0.261. The van der Waals surface area contributed by atoms with Gasteiger partial charge < -0.3 is 21.4 Å². The zero-order chi connectivity index (χ0) is 11.7. The molecule has 6 heteroatoms. The Morgan fingerprint density at radius 1 is 1.60 bits per heavy atom. The van der Waals surface area contributed by atoms with Crippen LogP contribution in [0.5, 0.6) is 0 Å². The van der Waals surface area contributed by atoms with Gasteiger partial charge in [-0.15, -0.1) is 0 Å². The smallest absolute Gasteiger partial charge is 0.139 e. The van der Waals surface area contributed by atoms with Crippen LogP contribution >= 0.6 is 11.8 Å². The maximum absolute atomic E-state index is 9.05. The molecule has 5 nitrogen and oxygen atoms in total. The van der Waals surface area contributed by atoms with Crippen molar-refractivity contribution < 1.29 is 10.3 Å². The van der Waals surface area contributed by atoms with Gasteiger partial charge >= 0.3 is 0 Å². The molecular formula is C9H21N3O2S. The van der Waals surface area contributed by atoms with Crippen molar-refractivity contribution in [2.24, 2.45) is 10.9 Å². The number of hydrogen-bond donors (Lipinski definition) is 4. The van der Waals surface area contributed by atoms with E-state index in [1.807, 2.05) is 13.2 Å². The number of rotatable bonds is 8. The maximum Gasteiger partial charge on any atom is 0.139 e. The molecule has 0 aromatic heterocycles. The first-order chi connectivity index (χ1) is 7.15. The molecule has 2 atom stereocenters. The van der Waals surface area contributed by atoms with Crippen molar-refractivity contribution in [3.8, 4) is 0 Å². The van der Waals surface area contributed by atoms with E-state index >= 15 is 0 Å². The van der Waals surface area contributed by atoms with E-state index < -0.39 is 0 Å². The first-order valence-electron chi connectivity index (χ1n) is 4.99.